The van der Waals surface area contributed by atoms with E-state index in [1.165, 1.54) is 12.1 Å². The molecule has 0 fully saturated rings. The summed E-state index contributed by atoms with van der Waals surface area (Å²) >= 11 is 0. The highest BCUT2D eigenvalue weighted by molar-refractivity contribution is 5.50. The molecule has 0 saturated carbocycles. The molecule has 0 unspecified atom stereocenters. The van der Waals surface area contributed by atoms with Crippen LogP contribution in [-0.4, -0.2) is 19.6 Å². The van der Waals surface area contributed by atoms with Crippen LogP contribution in [0, 0.1) is 12.7 Å². The maximum absolute atomic E-state index is 13.9. The molecule has 1 aromatic carbocycles. The molecule has 0 amide bonds. The maximum Gasteiger partial charge on any atom is 0.265 e. The van der Waals surface area contributed by atoms with Gasteiger partial charge in [0.15, 0.2) is 11.6 Å². The number of hydrogen-bond acceptors (Lipinski definition) is 5. The summed E-state index contributed by atoms with van der Waals surface area (Å²) in [5, 5.41) is 7.89. The van der Waals surface area contributed by atoms with E-state index in [1.54, 1.807) is 29.8 Å². The highest BCUT2D eigenvalue weighted by Crippen LogP contribution is 2.26. The molecule has 0 saturated heterocycles. The van der Waals surface area contributed by atoms with Gasteiger partial charge in [-0.3, -0.25) is 4.40 Å². The van der Waals surface area contributed by atoms with Gasteiger partial charge in [0.1, 0.15) is 5.82 Å². The van der Waals surface area contributed by atoms with E-state index >= 15 is 0 Å². The van der Waals surface area contributed by atoms with E-state index in [-0.39, 0.29) is 18.2 Å². The molecule has 3 rings (SSSR count). The zero-order valence-corrected chi connectivity index (χ0v) is 10.7. The minimum absolute atomic E-state index is 0.0726. The molecule has 20 heavy (non-hydrogen) atoms. The summed E-state index contributed by atoms with van der Waals surface area (Å²) in [6, 6.07) is 4.56. The molecule has 0 aliphatic carbocycles. The number of nitrogens with two attached hydrogens (primary N) is 1. The highest BCUT2D eigenvalue weighted by Gasteiger charge is 2.12. The van der Waals surface area contributed by atoms with Crippen LogP contribution in [0.15, 0.2) is 30.6 Å². The minimum atomic E-state index is -0.493. The summed E-state index contributed by atoms with van der Waals surface area (Å²) in [6.07, 6.45) is 3.26. The van der Waals surface area contributed by atoms with Crippen molar-refractivity contribution in [2.24, 2.45) is 5.73 Å². The molecule has 0 radical (unpaired) electrons. The number of fused-ring (bicyclic) bond motifs is 1. The predicted octanol–water partition coefficient (Wildman–Crippen LogP) is 1.82. The molecule has 7 heteroatoms. The number of halogens is 1. The van der Waals surface area contributed by atoms with E-state index < -0.39 is 5.82 Å². The Morgan fingerprint density at radius 2 is 2.20 bits per heavy atom. The van der Waals surface area contributed by atoms with Crippen LogP contribution in [0.2, 0.25) is 0 Å². The SMILES string of the molecule is Cc1nnc2c(Oc3ccc(CN)cc3F)nccn12. The Kier molecular flexibility index (Phi) is 3.03. The topological polar surface area (TPSA) is 78.3 Å². The lowest BCUT2D eigenvalue weighted by Crippen LogP contribution is -1.99. The molecule has 0 bridgehead atoms. The van der Waals surface area contributed by atoms with Crippen molar-refractivity contribution >= 4 is 5.65 Å². The molecule has 0 spiro atoms. The van der Waals surface area contributed by atoms with E-state index in [0.717, 1.165) is 0 Å². The van der Waals surface area contributed by atoms with E-state index in [0.29, 0.717) is 17.0 Å². The van der Waals surface area contributed by atoms with Crippen molar-refractivity contribution in [2.75, 3.05) is 0 Å². The van der Waals surface area contributed by atoms with Crippen molar-refractivity contribution in [3.63, 3.8) is 0 Å². The van der Waals surface area contributed by atoms with Crippen molar-refractivity contribution in [3.05, 3.63) is 47.8 Å². The molecule has 0 aliphatic heterocycles. The normalized spacial score (nSPS) is 10.9. The Hall–Kier alpha value is -2.54. The fraction of sp³-hybridized carbons (Fsp3) is 0.154. The molecular formula is C13H12FN5O. The first kappa shape index (κ1) is 12.5. The first-order valence-electron chi connectivity index (χ1n) is 6.01. The summed E-state index contributed by atoms with van der Waals surface area (Å²) in [5.41, 5.74) is 6.59. The second kappa shape index (κ2) is 4.86. The number of aryl methyl sites for hydroxylation is 1. The Labute approximate surface area is 114 Å². The van der Waals surface area contributed by atoms with Crippen LogP contribution < -0.4 is 10.5 Å². The van der Waals surface area contributed by atoms with Gasteiger partial charge < -0.3 is 10.5 Å². The molecule has 2 aromatic heterocycles. The van der Waals surface area contributed by atoms with Gasteiger partial charge in [-0.25, -0.2) is 9.37 Å². The Morgan fingerprint density at radius 3 is 2.95 bits per heavy atom. The van der Waals surface area contributed by atoms with Gasteiger partial charge in [0, 0.05) is 18.9 Å². The average Bonchev–Trinajstić information content (AvgIpc) is 2.84. The van der Waals surface area contributed by atoms with Gasteiger partial charge in [0.05, 0.1) is 0 Å². The molecule has 102 valence electrons. The summed E-state index contributed by atoms with van der Waals surface area (Å²) in [7, 11) is 0. The maximum atomic E-state index is 13.9. The molecule has 0 aliphatic rings. The van der Waals surface area contributed by atoms with Crippen LogP contribution in [0.3, 0.4) is 0 Å². The lowest BCUT2D eigenvalue weighted by Gasteiger charge is -2.07. The predicted molar refractivity (Wildman–Crippen MR) is 69.9 cm³/mol. The van der Waals surface area contributed by atoms with E-state index in [1.807, 2.05) is 0 Å². The standard InChI is InChI=1S/C13H12FN5O/c1-8-17-18-12-13(16-4-5-19(8)12)20-11-3-2-9(7-15)6-10(11)14/h2-6H,7,15H2,1H3. The number of benzene rings is 1. The second-order valence-electron chi connectivity index (χ2n) is 4.24. The second-order valence-corrected chi connectivity index (χ2v) is 4.24. The van der Waals surface area contributed by atoms with Crippen LogP contribution >= 0.6 is 0 Å². The van der Waals surface area contributed by atoms with Crippen LogP contribution in [0.5, 0.6) is 11.6 Å². The van der Waals surface area contributed by atoms with Gasteiger partial charge in [0.25, 0.3) is 5.88 Å². The summed E-state index contributed by atoms with van der Waals surface area (Å²) in [4.78, 5) is 4.06. The zero-order chi connectivity index (χ0) is 14.1. The van der Waals surface area contributed by atoms with Gasteiger partial charge in [-0.15, -0.1) is 10.2 Å². The number of hydrogen-bond donors (Lipinski definition) is 1. The van der Waals surface area contributed by atoms with Gasteiger partial charge in [-0.1, -0.05) is 6.07 Å². The quantitative estimate of drug-likeness (QED) is 0.787. The van der Waals surface area contributed by atoms with E-state index in [4.69, 9.17) is 10.5 Å². The molecule has 2 N–H and O–H groups in total. The van der Waals surface area contributed by atoms with Gasteiger partial charge in [-0.2, -0.15) is 0 Å². The lowest BCUT2D eigenvalue weighted by atomic mass is 10.2. The van der Waals surface area contributed by atoms with Gasteiger partial charge in [0.2, 0.25) is 5.65 Å². The fourth-order valence-corrected chi connectivity index (χ4v) is 1.85. The molecular weight excluding hydrogens is 261 g/mol. The summed E-state index contributed by atoms with van der Waals surface area (Å²) in [6.45, 7) is 2.08. The highest BCUT2D eigenvalue weighted by atomic mass is 19.1. The fourth-order valence-electron chi connectivity index (χ4n) is 1.85. The first-order chi connectivity index (χ1) is 9.69. The third-order valence-electron chi connectivity index (χ3n) is 2.90. The average molecular weight is 273 g/mol. The van der Waals surface area contributed by atoms with Crippen molar-refractivity contribution < 1.29 is 9.13 Å². The largest absolute Gasteiger partial charge is 0.433 e. The van der Waals surface area contributed by atoms with Crippen LogP contribution in [0.4, 0.5) is 4.39 Å². The minimum Gasteiger partial charge on any atom is -0.433 e. The Balaban J connectivity index is 2.01. The van der Waals surface area contributed by atoms with Crippen LogP contribution in [0.1, 0.15) is 11.4 Å². The number of aromatic nitrogens is 4. The third kappa shape index (κ3) is 2.08. The smallest absolute Gasteiger partial charge is 0.265 e. The van der Waals surface area contributed by atoms with Crippen molar-refractivity contribution in [1.29, 1.82) is 0 Å². The summed E-state index contributed by atoms with van der Waals surface area (Å²) < 4.78 is 21.1. The number of ether oxygens (including phenoxy) is 1. The van der Waals surface area contributed by atoms with Crippen molar-refractivity contribution in [1.82, 2.24) is 19.6 Å². The number of nitrogens with zero attached hydrogens (tertiary/aromatic N) is 4. The van der Waals surface area contributed by atoms with Crippen molar-refractivity contribution in [3.8, 4) is 11.6 Å². The zero-order valence-electron chi connectivity index (χ0n) is 10.7. The third-order valence-corrected chi connectivity index (χ3v) is 2.90. The van der Waals surface area contributed by atoms with E-state index in [2.05, 4.69) is 15.2 Å². The molecule has 2 heterocycles. The van der Waals surface area contributed by atoms with E-state index in [9.17, 15) is 4.39 Å². The monoisotopic (exact) mass is 273 g/mol. The molecule has 3 aromatic rings. The van der Waals surface area contributed by atoms with Gasteiger partial charge in [-0.05, 0) is 24.6 Å². The number of rotatable bonds is 3. The lowest BCUT2D eigenvalue weighted by molar-refractivity contribution is 0.428. The Bertz CT molecular complexity index is 771. The van der Waals surface area contributed by atoms with Crippen LogP contribution in [0.25, 0.3) is 5.65 Å². The Morgan fingerprint density at radius 1 is 1.35 bits per heavy atom. The molecule has 6 nitrogen and oxygen atoms in total. The molecule has 0 atom stereocenters. The van der Waals surface area contributed by atoms with Crippen molar-refractivity contribution in [2.45, 2.75) is 13.5 Å². The van der Waals surface area contributed by atoms with Crippen LogP contribution in [-0.2, 0) is 6.54 Å². The van der Waals surface area contributed by atoms with Gasteiger partial charge >= 0.3 is 0 Å². The summed E-state index contributed by atoms with van der Waals surface area (Å²) in [5.74, 6) is 0.482. The first-order valence-corrected chi connectivity index (χ1v) is 6.01.